The fourth-order valence-electron chi connectivity index (χ4n) is 1.58. The normalized spacial score (nSPS) is 10.7. The molecule has 1 heterocycles. The number of pyridine rings is 1. The highest BCUT2D eigenvalue weighted by Gasteiger charge is 2.02. The van der Waals surface area contributed by atoms with Gasteiger partial charge in [-0.05, 0) is 24.5 Å². The molecule has 5 heteroatoms. The highest BCUT2D eigenvalue weighted by atomic mass is 16.5. The number of rotatable bonds is 10. The zero-order valence-corrected chi connectivity index (χ0v) is 11.7. The maximum atomic E-state index is 9.15. The van der Waals surface area contributed by atoms with Gasteiger partial charge in [0.1, 0.15) is 6.61 Å². The van der Waals surface area contributed by atoms with Crippen molar-refractivity contribution in [2.45, 2.75) is 26.4 Å². The van der Waals surface area contributed by atoms with Gasteiger partial charge in [-0.3, -0.25) is 0 Å². The first-order valence-corrected chi connectivity index (χ1v) is 6.60. The third-order valence-electron chi connectivity index (χ3n) is 2.57. The quantitative estimate of drug-likeness (QED) is 0.653. The summed E-state index contributed by atoms with van der Waals surface area (Å²) in [7, 11) is 1.67. The van der Waals surface area contributed by atoms with Gasteiger partial charge in [0.05, 0.1) is 13.2 Å². The molecule has 1 aromatic rings. The SMILES string of the molecule is CCc1cc(CO)cc(OCCOCCCOC)n1. The summed E-state index contributed by atoms with van der Waals surface area (Å²) < 4.78 is 15.8. The molecule has 0 radical (unpaired) electrons. The summed E-state index contributed by atoms with van der Waals surface area (Å²) in [6.45, 7) is 4.38. The van der Waals surface area contributed by atoms with E-state index >= 15 is 0 Å². The predicted octanol–water partition coefficient (Wildman–Crippen LogP) is 1.57. The van der Waals surface area contributed by atoms with Crippen molar-refractivity contribution in [1.29, 1.82) is 0 Å². The lowest BCUT2D eigenvalue weighted by Gasteiger charge is -2.09. The number of hydrogen-bond donors (Lipinski definition) is 1. The number of methoxy groups -OCH3 is 1. The van der Waals surface area contributed by atoms with Crippen LogP contribution < -0.4 is 4.74 Å². The van der Waals surface area contributed by atoms with E-state index in [1.807, 2.05) is 13.0 Å². The molecule has 0 atom stereocenters. The van der Waals surface area contributed by atoms with Crippen molar-refractivity contribution in [2.24, 2.45) is 0 Å². The van der Waals surface area contributed by atoms with Crippen molar-refractivity contribution < 1.29 is 19.3 Å². The molecule has 0 bridgehead atoms. The van der Waals surface area contributed by atoms with Crippen molar-refractivity contribution >= 4 is 0 Å². The fourth-order valence-corrected chi connectivity index (χ4v) is 1.58. The molecule has 0 aliphatic carbocycles. The molecular weight excluding hydrogens is 246 g/mol. The van der Waals surface area contributed by atoms with Gasteiger partial charge in [-0.15, -0.1) is 0 Å². The molecule has 0 spiro atoms. The smallest absolute Gasteiger partial charge is 0.213 e. The zero-order chi connectivity index (χ0) is 13.9. The van der Waals surface area contributed by atoms with Gasteiger partial charge in [0, 0.05) is 32.1 Å². The zero-order valence-electron chi connectivity index (χ0n) is 11.7. The average molecular weight is 269 g/mol. The molecule has 1 N–H and O–H groups in total. The van der Waals surface area contributed by atoms with Gasteiger partial charge in [-0.1, -0.05) is 6.92 Å². The van der Waals surface area contributed by atoms with Crippen LogP contribution in [0.2, 0.25) is 0 Å². The van der Waals surface area contributed by atoms with Gasteiger partial charge in [-0.2, -0.15) is 0 Å². The summed E-state index contributed by atoms with van der Waals surface area (Å²) in [4.78, 5) is 4.34. The average Bonchev–Trinajstić information content (AvgIpc) is 2.45. The maximum Gasteiger partial charge on any atom is 0.213 e. The van der Waals surface area contributed by atoms with Gasteiger partial charge in [-0.25, -0.2) is 4.98 Å². The van der Waals surface area contributed by atoms with Crippen LogP contribution in [0.15, 0.2) is 12.1 Å². The Morgan fingerprint density at radius 1 is 1.16 bits per heavy atom. The van der Waals surface area contributed by atoms with Gasteiger partial charge in [0.15, 0.2) is 0 Å². The van der Waals surface area contributed by atoms with Crippen molar-refractivity contribution in [2.75, 3.05) is 33.5 Å². The Kier molecular flexibility index (Phi) is 8.13. The molecule has 0 saturated carbocycles. The molecule has 0 aromatic carbocycles. The molecule has 108 valence electrons. The van der Waals surface area contributed by atoms with E-state index in [-0.39, 0.29) is 6.61 Å². The second-order valence-electron chi connectivity index (χ2n) is 4.12. The standard InChI is InChI=1S/C14H23NO4/c1-3-13-9-12(11-16)10-14(15-13)19-8-7-18-6-4-5-17-2/h9-10,16H,3-8,11H2,1-2H3. The fraction of sp³-hybridized carbons (Fsp3) is 0.643. The Morgan fingerprint density at radius 3 is 2.68 bits per heavy atom. The van der Waals surface area contributed by atoms with Crippen LogP contribution in [0.3, 0.4) is 0 Å². The predicted molar refractivity (Wildman–Crippen MR) is 72.3 cm³/mol. The monoisotopic (exact) mass is 269 g/mol. The number of aryl methyl sites for hydroxylation is 1. The van der Waals surface area contributed by atoms with E-state index in [1.165, 1.54) is 0 Å². The Balaban J connectivity index is 2.28. The Labute approximate surface area is 114 Å². The minimum Gasteiger partial charge on any atom is -0.475 e. The van der Waals surface area contributed by atoms with Crippen LogP contribution in [-0.2, 0) is 22.5 Å². The van der Waals surface area contributed by atoms with E-state index in [1.54, 1.807) is 13.2 Å². The Bertz CT molecular complexity index is 335. The molecule has 0 aliphatic heterocycles. The Hall–Kier alpha value is -1.17. The van der Waals surface area contributed by atoms with E-state index in [4.69, 9.17) is 19.3 Å². The molecule has 1 aromatic heterocycles. The summed E-state index contributed by atoms with van der Waals surface area (Å²) in [6, 6.07) is 3.64. The number of ether oxygens (including phenoxy) is 3. The summed E-state index contributed by atoms with van der Waals surface area (Å²) in [5, 5.41) is 9.15. The van der Waals surface area contributed by atoms with Crippen molar-refractivity contribution in [3.63, 3.8) is 0 Å². The van der Waals surface area contributed by atoms with E-state index in [0.717, 1.165) is 24.1 Å². The summed E-state index contributed by atoms with van der Waals surface area (Å²) in [5.74, 6) is 0.545. The molecule has 5 nitrogen and oxygen atoms in total. The van der Waals surface area contributed by atoms with E-state index in [9.17, 15) is 0 Å². The third-order valence-corrected chi connectivity index (χ3v) is 2.57. The lowest BCUT2D eigenvalue weighted by molar-refractivity contribution is 0.0794. The Morgan fingerprint density at radius 2 is 2.00 bits per heavy atom. The van der Waals surface area contributed by atoms with E-state index in [0.29, 0.717) is 32.3 Å². The first-order chi connectivity index (χ1) is 9.30. The van der Waals surface area contributed by atoms with Crippen molar-refractivity contribution in [3.05, 3.63) is 23.4 Å². The van der Waals surface area contributed by atoms with Crippen LogP contribution in [0.5, 0.6) is 5.88 Å². The number of aromatic nitrogens is 1. The van der Waals surface area contributed by atoms with E-state index < -0.39 is 0 Å². The molecule has 0 amide bonds. The second-order valence-corrected chi connectivity index (χ2v) is 4.12. The highest BCUT2D eigenvalue weighted by molar-refractivity contribution is 5.24. The van der Waals surface area contributed by atoms with Gasteiger partial charge in [0.2, 0.25) is 5.88 Å². The molecule has 0 unspecified atom stereocenters. The largest absolute Gasteiger partial charge is 0.475 e. The van der Waals surface area contributed by atoms with Crippen LogP contribution >= 0.6 is 0 Å². The summed E-state index contributed by atoms with van der Waals surface area (Å²) in [5.41, 5.74) is 1.74. The molecule has 19 heavy (non-hydrogen) atoms. The molecular formula is C14H23NO4. The number of aliphatic hydroxyl groups is 1. The van der Waals surface area contributed by atoms with Crippen molar-refractivity contribution in [1.82, 2.24) is 4.98 Å². The van der Waals surface area contributed by atoms with E-state index in [2.05, 4.69) is 4.98 Å². The van der Waals surface area contributed by atoms with Gasteiger partial charge >= 0.3 is 0 Å². The van der Waals surface area contributed by atoms with Crippen LogP contribution in [0.25, 0.3) is 0 Å². The molecule has 0 aliphatic rings. The highest BCUT2D eigenvalue weighted by Crippen LogP contribution is 2.13. The lowest BCUT2D eigenvalue weighted by Crippen LogP contribution is -2.10. The van der Waals surface area contributed by atoms with Gasteiger partial charge < -0.3 is 19.3 Å². The van der Waals surface area contributed by atoms with Crippen LogP contribution in [-0.4, -0.2) is 43.6 Å². The van der Waals surface area contributed by atoms with Crippen LogP contribution in [0.4, 0.5) is 0 Å². The topological polar surface area (TPSA) is 60.8 Å². The van der Waals surface area contributed by atoms with Crippen molar-refractivity contribution in [3.8, 4) is 5.88 Å². The molecule has 0 fully saturated rings. The van der Waals surface area contributed by atoms with Crippen LogP contribution in [0, 0.1) is 0 Å². The maximum absolute atomic E-state index is 9.15. The lowest BCUT2D eigenvalue weighted by atomic mass is 10.2. The second kappa shape index (κ2) is 9.72. The minimum atomic E-state index is -0.000597. The summed E-state index contributed by atoms with van der Waals surface area (Å²) in [6.07, 6.45) is 1.70. The van der Waals surface area contributed by atoms with Crippen LogP contribution in [0.1, 0.15) is 24.6 Å². The molecule has 1 rings (SSSR count). The van der Waals surface area contributed by atoms with Gasteiger partial charge in [0.25, 0.3) is 0 Å². The number of hydrogen-bond acceptors (Lipinski definition) is 5. The molecule has 0 saturated heterocycles. The minimum absolute atomic E-state index is 0.000597. The number of nitrogens with zero attached hydrogens (tertiary/aromatic N) is 1. The first-order valence-electron chi connectivity index (χ1n) is 6.60. The first kappa shape index (κ1) is 15.9. The third kappa shape index (κ3) is 6.52. The number of aliphatic hydroxyl groups excluding tert-OH is 1. The summed E-state index contributed by atoms with van der Waals surface area (Å²) >= 11 is 0.